The lowest BCUT2D eigenvalue weighted by atomic mass is 10.1. The summed E-state index contributed by atoms with van der Waals surface area (Å²) in [7, 11) is 0. The number of carbonyl (C=O) groups is 1. The van der Waals surface area contributed by atoms with Crippen LogP contribution in [0.2, 0.25) is 5.02 Å². The van der Waals surface area contributed by atoms with E-state index in [2.05, 4.69) is 5.32 Å². The van der Waals surface area contributed by atoms with Crippen molar-refractivity contribution in [2.75, 3.05) is 11.9 Å². The molecule has 1 atom stereocenters. The molecule has 6 nitrogen and oxygen atoms in total. The van der Waals surface area contributed by atoms with Crippen LogP contribution in [0.4, 0.5) is 24.7 Å². The molecule has 2 heterocycles. The molecule has 0 radical (unpaired) electrons. The number of hydrogen-bond donors (Lipinski definition) is 2. The molecule has 11 heteroatoms. The second-order valence-corrected chi connectivity index (χ2v) is 8.83. The molecule has 1 aliphatic rings. The van der Waals surface area contributed by atoms with Gasteiger partial charge in [-0.2, -0.15) is 13.5 Å². The Bertz CT molecular complexity index is 1430. The van der Waals surface area contributed by atoms with Crippen molar-refractivity contribution >= 4 is 42.5 Å². The number of nitrogens with two attached hydrogens (primary N) is 1. The number of halogens is 4. The number of benzene rings is 3. The number of amides is 1. The Morgan fingerprint density at radius 2 is 1.62 bits per heavy atom. The van der Waals surface area contributed by atoms with Crippen molar-refractivity contribution in [3.63, 3.8) is 0 Å². The zero-order valence-electron chi connectivity index (χ0n) is 19.4. The van der Waals surface area contributed by atoms with E-state index in [4.69, 9.17) is 22.3 Å². The van der Waals surface area contributed by atoms with Gasteiger partial charge in [0.2, 0.25) is 5.91 Å². The Morgan fingerprint density at radius 1 is 0.973 bits per heavy atom. The molecule has 1 aromatic heterocycles. The molecule has 0 aliphatic carbocycles. The predicted molar refractivity (Wildman–Crippen MR) is 141 cm³/mol. The van der Waals surface area contributed by atoms with Crippen molar-refractivity contribution in [2.45, 2.75) is 19.1 Å². The van der Waals surface area contributed by atoms with Gasteiger partial charge in [0.05, 0.1) is 11.6 Å². The maximum absolute atomic E-state index is 14.1. The number of fused-ring (bicyclic) bond motifs is 1. The van der Waals surface area contributed by atoms with E-state index >= 15 is 0 Å². The minimum Gasteiger partial charge on any atom is -0.340 e. The number of rotatable bonds is 5. The topological polar surface area (TPSA) is 76.2 Å². The minimum atomic E-state index is -0.946. The van der Waals surface area contributed by atoms with Gasteiger partial charge in [-0.3, -0.25) is 4.79 Å². The molecule has 192 valence electrons. The van der Waals surface area contributed by atoms with E-state index in [1.165, 1.54) is 48.5 Å². The minimum absolute atomic E-state index is 0. The maximum atomic E-state index is 14.1. The van der Waals surface area contributed by atoms with Gasteiger partial charge >= 0.3 is 0 Å². The number of imidazole rings is 1. The van der Waals surface area contributed by atoms with E-state index in [0.717, 1.165) is 0 Å². The second kappa shape index (κ2) is 10.9. The largest absolute Gasteiger partial charge is 0.340 e. The van der Waals surface area contributed by atoms with Gasteiger partial charge in [-0.25, -0.2) is 18.2 Å². The fourth-order valence-corrected chi connectivity index (χ4v) is 4.29. The van der Waals surface area contributed by atoms with Crippen LogP contribution in [0, 0.1) is 17.5 Å². The maximum Gasteiger partial charge on any atom is 0.244 e. The SMILES string of the molecule is N[C@H](C(=O)N1CCn2c(nc(-c3ccc(F)cc3)c2Nc2ccc(Cl)c(F)c2)C1)c1ccc(F)cc1.S. The lowest BCUT2D eigenvalue weighted by molar-refractivity contribution is -0.134. The summed E-state index contributed by atoms with van der Waals surface area (Å²) in [5.41, 5.74) is 8.31. The van der Waals surface area contributed by atoms with Crippen molar-refractivity contribution < 1.29 is 18.0 Å². The molecule has 4 aromatic rings. The lowest BCUT2D eigenvalue weighted by Gasteiger charge is -2.30. The first-order chi connectivity index (χ1) is 17.3. The van der Waals surface area contributed by atoms with Gasteiger partial charge in [0.1, 0.15) is 40.8 Å². The lowest BCUT2D eigenvalue weighted by Crippen LogP contribution is -2.43. The molecule has 3 aromatic carbocycles. The molecule has 0 unspecified atom stereocenters. The standard InChI is InChI=1S/C26H21ClF3N5O.H2S/c27-20-10-9-19(13-21(20)30)32-25-24(16-3-7-18(29)8-4-16)33-22-14-34(11-12-35(22)25)26(36)23(31)15-1-5-17(28)6-2-15;/h1-10,13,23,32H,11-12,14,31H2;1H2/t23-;/m0./s1. The average molecular weight is 546 g/mol. The molecule has 0 saturated carbocycles. The monoisotopic (exact) mass is 545 g/mol. The third-order valence-corrected chi connectivity index (χ3v) is 6.39. The van der Waals surface area contributed by atoms with Gasteiger partial charge in [0.15, 0.2) is 0 Å². The van der Waals surface area contributed by atoms with Crippen LogP contribution >= 0.6 is 25.1 Å². The van der Waals surface area contributed by atoms with Crippen LogP contribution in [0.25, 0.3) is 11.3 Å². The quantitative estimate of drug-likeness (QED) is 0.346. The molecule has 0 fully saturated rings. The normalized spacial score (nSPS) is 13.5. The Morgan fingerprint density at radius 3 is 2.27 bits per heavy atom. The molecule has 0 spiro atoms. The Kier molecular flexibility index (Phi) is 7.82. The number of nitrogens with zero attached hydrogens (tertiary/aromatic N) is 3. The van der Waals surface area contributed by atoms with Crippen LogP contribution in [0.3, 0.4) is 0 Å². The van der Waals surface area contributed by atoms with E-state index in [0.29, 0.717) is 47.2 Å². The van der Waals surface area contributed by atoms with E-state index in [9.17, 15) is 18.0 Å². The van der Waals surface area contributed by atoms with Crippen LogP contribution in [-0.2, 0) is 17.9 Å². The third kappa shape index (κ3) is 5.46. The molecule has 3 N–H and O–H groups in total. The van der Waals surface area contributed by atoms with Gasteiger partial charge in [0.25, 0.3) is 0 Å². The number of nitrogens with one attached hydrogen (secondary N) is 1. The molecule has 0 bridgehead atoms. The van der Waals surface area contributed by atoms with Crippen LogP contribution in [0.1, 0.15) is 17.4 Å². The average Bonchev–Trinajstić information content (AvgIpc) is 3.23. The van der Waals surface area contributed by atoms with Crippen molar-refractivity contribution in [2.24, 2.45) is 5.73 Å². The second-order valence-electron chi connectivity index (χ2n) is 8.43. The summed E-state index contributed by atoms with van der Waals surface area (Å²) in [5, 5.41) is 3.21. The van der Waals surface area contributed by atoms with Crippen LogP contribution in [0.15, 0.2) is 66.7 Å². The smallest absolute Gasteiger partial charge is 0.244 e. The van der Waals surface area contributed by atoms with Gasteiger partial charge < -0.3 is 20.5 Å². The predicted octanol–water partition coefficient (Wildman–Crippen LogP) is 5.52. The summed E-state index contributed by atoms with van der Waals surface area (Å²) in [4.78, 5) is 19.4. The van der Waals surface area contributed by atoms with Gasteiger partial charge in [-0.15, -0.1) is 0 Å². The first-order valence-electron chi connectivity index (χ1n) is 11.2. The van der Waals surface area contributed by atoms with E-state index < -0.39 is 17.7 Å². The van der Waals surface area contributed by atoms with Crippen molar-refractivity contribution in [3.05, 3.63) is 101 Å². The van der Waals surface area contributed by atoms with Gasteiger partial charge in [0, 0.05) is 24.3 Å². The summed E-state index contributed by atoms with van der Waals surface area (Å²) < 4.78 is 42.8. The Labute approximate surface area is 223 Å². The summed E-state index contributed by atoms with van der Waals surface area (Å²) in [5.74, 6) is -0.523. The number of hydrogen-bond acceptors (Lipinski definition) is 4. The first kappa shape index (κ1) is 26.6. The fraction of sp³-hybridized carbons (Fsp3) is 0.154. The highest BCUT2D eigenvalue weighted by atomic mass is 35.5. The number of aromatic nitrogens is 2. The summed E-state index contributed by atoms with van der Waals surface area (Å²) in [6, 6.07) is 14.8. The zero-order chi connectivity index (χ0) is 25.4. The van der Waals surface area contributed by atoms with E-state index in [-0.39, 0.29) is 36.8 Å². The molecule has 5 rings (SSSR count). The molecule has 1 aliphatic heterocycles. The molecule has 0 saturated heterocycles. The van der Waals surface area contributed by atoms with Crippen LogP contribution < -0.4 is 11.1 Å². The summed E-state index contributed by atoms with van der Waals surface area (Å²) in [6.07, 6.45) is 0. The van der Waals surface area contributed by atoms with E-state index in [1.54, 1.807) is 23.1 Å². The zero-order valence-corrected chi connectivity index (χ0v) is 21.1. The van der Waals surface area contributed by atoms with Crippen molar-refractivity contribution in [1.29, 1.82) is 0 Å². The summed E-state index contributed by atoms with van der Waals surface area (Å²) >= 11 is 5.82. The van der Waals surface area contributed by atoms with Gasteiger partial charge in [-0.1, -0.05) is 23.7 Å². The van der Waals surface area contributed by atoms with Crippen LogP contribution in [0.5, 0.6) is 0 Å². The highest BCUT2D eigenvalue weighted by Gasteiger charge is 2.30. The van der Waals surface area contributed by atoms with Crippen molar-refractivity contribution in [3.8, 4) is 11.3 Å². The molecule has 37 heavy (non-hydrogen) atoms. The van der Waals surface area contributed by atoms with E-state index in [1.807, 2.05) is 4.57 Å². The number of anilines is 2. The fourth-order valence-electron chi connectivity index (χ4n) is 4.18. The molecular weight excluding hydrogens is 523 g/mol. The molecular formula is C26H23ClF3N5OS. The highest BCUT2D eigenvalue weighted by Crippen LogP contribution is 2.34. The highest BCUT2D eigenvalue weighted by molar-refractivity contribution is 7.59. The van der Waals surface area contributed by atoms with Crippen LogP contribution in [-0.4, -0.2) is 26.9 Å². The third-order valence-electron chi connectivity index (χ3n) is 6.08. The van der Waals surface area contributed by atoms with Crippen molar-refractivity contribution in [1.82, 2.24) is 14.5 Å². The Hall–Kier alpha value is -3.47. The summed E-state index contributed by atoms with van der Waals surface area (Å²) in [6.45, 7) is 0.923. The first-order valence-corrected chi connectivity index (χ1v) is 11.5. The number of carbonyl (C=O) groups excluding carboxylic acids is 1. The Balaban J connectivity index is 0.00000320. The van der Waals surface area contributed by atoms with Gasteiger partial charge in [-0.05, 0) is 60.2 Å². The molecule has 1 amide bonds.